The lowest BCUT2D eigenvalue weighted by molar-refractivity contribution is 0.295. The quantitative estimate of drug-likeness (QED) is 0.105. The Morgan fingerprint density at radius 1 is 0.412 bits per heavy atom. The molecule has 0 aromatic heterocycles. The van der Waals surface area contributed by atoms with Crippen molar-refractivity contribution in [2.45, 2.75) is 69.1 Å². The van der Waals surface area contributed by atoms with Crippen LogP contribution in [0.3, 0.4) is 0 Å². The molecule has 250 valence electrons. The lowest BCUT2D eigenvalue weighted by Crippen LogP contribution is -2.34. The highest BCUT2D eigenvalue weighted by Crippen LogP contribution is 2.66. The van der Waals surface area contributed by atoms with Crippen molar-refractivity contribution in [3.63, 3.8) is 0 Å². The highest BCUT2D eigenvalue weighted by molar-refractivity contribution is 5.86. The van der Waals surface area contributed by atoms with Gasteiger partial charge >= 0.3 is 0 Å². The zero-order chi connectivity index (χ0) is 33.9. The van der Waals surface area contributed by atoms with Crippen LogP contribution in [0.5, 0.6) is 5.75 Å². The predicted molar refractivity (Wildman–Crippen MR) is 210 cm³/mol. The maximum Gasteiger partial charge on any atom is 0.128 e. The van der Waals surface area contributed by atoms with Crippen molar-refractivity contribution < 1.29 is 4.74 Å². The van der Waals surface area contributed by atoms with Gasteiger partial charge < -0.3 is 4.74 Å². The minimum Gasteiger partial charge on any atom is -0.493 e. The Labute approximate surface area is 302 Å². The van der Waals surface area contributed by atoms with Crippen LogP contribution in [0.15, 0.2) is 127 Å². The van der Waals surface area contributed by atoms with Crippen molar-refractivity contribution >= 4 is 12.2 Å². The van der Waals surface area contributed by atoms with Crippen molar-refractivity contribution in [1.82, 2.24) is 0 Å². The van der Waals surface area contributed by atoms with Crippen LogP contribution in [-0.4, -0.2) is 6.61 Å². The number of rotatable bonds is 10. The van der Waals surface area contributed by atoms with E-state index in [-0.39, 0.29) is 23.7 Å². The molecule has 51 heavy (non-hydrogen) atoms. The fourth-order valence-electron chi connectivity index (χ4n) is 10.2. The third-order valence-electron chi connectivity index (χ3n) is 12.3. The van der Waals surface area contributed by atoms with Crippen LogP contribution in [0.25, 0.3) is 12.2 Å². The third-order valence-corrected chi connectivity index (χ3v) is 12.3. The fourth-order valence-corrected chi connectivity index (χ4v) is 10.2. The summed E-state index contributed by atoms with van der Waals surface area (Å²) in [6, 6.07) is 47.9. The molecule has 0 spiro atoms. The first-order valence-corrected chi connectivity index (χ1v) is 19.3. The largest absolute Gasteiger partial charge is 0.493 e. The van der Waals surface area contributed by atoms with E-state index >= 15 is 0 Å². The molecule has 6 aromatic carbocycles. The minimum absolute atomic E-state index is 0.136. The second-order valence-electron chi connectivity index (χ2n) is 15.0. The Morgan fingerprint density at radius 3 is 1.22 bits per heavy atom. The predicted octanol–water partition coefficient (Wildman–Crippen LogP) is 12.6. The van der Waals surface area contributed by atoms with Gasteiger partial charge in [-0.05, 0) is 73.2 Å². The second-order valence-corrected chi connectivity index (χ2v) is 15.0. The van der Waals surface area contributed by atoms with Crippen LogP contribution in [0.2, 0.25) is 0 Å². The molecule has 0 N–H and O–H groups in total. The molecule has 12 rings (SSSR count). The van der Waals surface area contributed by atoms with Gasteiger partial charge in [-0.25, -0.2) is 0 Å². The summed E-state index contributed by atoms with van der Waals surface area (Å²) in [7, 11) is 0. The van der Waals surface area contributed by atoms with Gasteiger partial charge in [-0.2, -0.15) is 0 Å². The van der Waals surface area contributed by atoms with Gasteiger partial charge in [0.15, 0.2) is 0 Å². The summed E-state index contributed by atoms with van der Waals surface area (Å²) in [6.45, 7) is 3.05. The number of benzene rings is 6. The number of hydrogen-bond donors (Lipinski definition) is 0. The van der Waals surface area contributed by atoms with E-state index in [1.54, 1.807) is 0 Å². The fraction of sp³-hybridized carbons (Fsp3) is 0.240. The summed E-state index contributed by atoms with van der Waals surface area (Å²) >= 11 is 0. The van der Waals surface area contributed by atoms with Gasteiger partial charge in [-0.1, -0.05) is 179 Å². The van der Waals surface area contributed by atoms with Gasteiger partial charge in [0.25, 0.3) is 0 Å². The van der Waals surface area contributed by atoms with Crippen LogP contribution in [0, 0.1) is 0 Å². The number of ether oxygens (including phenoxy) is 1. The van der Waals surface area contributed by atoms with E-state index < -0.39 is 0 Å². The Balaban J connectivity index is 1.27. The van der Waals surface area contributed by atoms with E-state index in [4.69, 9.17) is 4.74 Å². The highest BCUT2D eigenvalue weighted by atomic mass is 16.5. The molecule has 1 nitrogen and oxygen atoms in total. The smallest absolute Gasteiger partial charge is 0.128 e. The summed E-state index contributed by atoms with van der Waals surface area (Å²) in [4.78, 5) is 0. The molecule has 6 aliphatic carbocycles. The molecule has 4 bridgehead atoms. The molecule has 0 fully saturated rings. The molecular weight excluding hydrogens is 617 g/mol. The standard InChI is InChI=1S/C50H44O/c1-2-3-4-5-6-18-31-51-50-48-44-37-25-14-10-21-33(37)42(34-22-11-15-26-38(34)44)46(48)41(30-29-32-19-8-7-9-20-32)47-43-35-23-12-16-27-39(35)45(49(47)50)40-28-17-13-24-36(40)43/h7-17,19-30,42-45H,2-6,18,31H2,1H3/b30-29+. The van der Waals surface area contributed by atoms with Gasteiger partial charge in [0.1, 0.15) is 5.75 Å². The van der Waals surface area contributed by atoms with Crippen molar-refractivity contribution in [2.24, 2.45) is 0 Å². The maximum atomic E-state index is 7.37. The van der Waals surface area contributed by atoms with Gasteiger partial charge in [-0.15, -0.1) is 0 Å². The Kier molecular flexibility index (Phi) is 7.56. The molecular formula is C50H44O. The molecule has 0 amide bonds. The highest BCUT2D eigenvalue weighted by Gasteiger charge is 2.50. The summed E-state index contributed by atoms with van der Waals surface area (Å²) < 4.78 is 7.37. The third kappa shape index (κ3) is 4.67. The van der Waals surface area contributed by atoms with Crippen molar-refractivity contribution in [3.05, 3.63) is 205 Å². The molecule has 0 aliphatic heterocycles. The Bertz CT molecular complexity index is 2090. The van der Waals surface area contributed by atoms with Crippen LogP contribution >= 0.6 is 0 Å². The van der Waals surface area contributed by atoms with E-state index in [0.717, 1.165) is 13.0 Å². The first-order valence-electron chi connectivity index (χ1n) is 19.3. The molecule has 1 heteroatoms. The molecule has 0 unspecified atom stereocenters. The first kappa shape index (κ1) is 30.7. The van der Waals surface area contributed by atoms with Gasteiger partial charge in [0, 0.05) is 34.8 Å². The topological polar surface area (TPSA) is 9.23 Å². The average Bonchev–Trinajstić information content (AvgIpc) is 3.19. The van der Waals surface area contributed by atoms with Gasteiger partial charge in [0.05, 0.1) is 6.61 Å². The average molecular weight is 661 g/mol. The SMILES string of the molecule is CCCCCCCCOc1c2c(c(/C=C/c3ccccc3)c3c1C1c4ccccc4C3c3ccccc31)C1c3ccccc3C2c2ccccc21. The monoisotopic (exact) mass is 660 g/mol. The lowest BCUT2D eigenvalue weighted by Gasteiger charge is -2.49. The summed E-state index contributed by atoms with van der Waals surface area (Å²) in [6.07, 6.45) is 12.3. The molecule has 0 saturated heterocycles. The minimum atomic E-state index is 0.136. The van der Waals surface area contributed by atoms with E-state index in [2.05, 4.69) is 146 Å². The summed E-state index contributed by atoms with van der Waals surface area (Å²) in [5.74, 6) is 1.75. The van der Waals surface area contributed by atoms with Crippen molar-refractivity contribution in [1.29, 1.82) is 0 Å². The van der Waals surface area contributed by atoms with Crippen LogP contribution in [0.4, 0.5) is 0 Å². The molecule has 0 heterocycles. The normalized spacial score (nSPS) is 19.5. The van der Waals surface area contributed by atoms with E-state index in [0.29, 0.717) is 0 Å². The summed E-state index contributed by atoms with van der Waals surface area (Å²) in [5.41, 5.74) is 19.9. The van der Waals surface area contributed by atoms with Crippen LogP contribution < -0.4 is 4.74 Å². The van der Waals surface area contributed by atoms with E-state index in [9.17, 15) is 0 Å². The van der Waals surface area contributed by atoms with Gasteiger partial charge in [0.2, 0.25) is 0 Å². The van der Waals surface area contributed by atoms with Gasteiger partial charge in [-0.3, -0.25) is 0 Å². The molecule has 0 atom stereocenters. The Hall–Kier alpha value is -5.14. The van der Waals surface area contributed by atoms with E-state index in [1.165, 1.54) is 116 Å². The van der Waals surface area contributed by atoms with Crippen molar-refractivity contribution in [3.8, 4) is 5.75 Å². The van der Waals surface area contributed by atoms with Crippen LogP contribution in [0.1, 0.15) is 147 Å². The zero-order valence-corrected chi connectivity index (χ0v) is 29.4. The second kappa shape index (κ2) is 12.6. The number of hydrogen-bond acceptors (Lipinski definition) is 1. The lowest BCUT2D eigenvalue weighted by atomic mass is 9.54. The molecule has 0 radical (unpaired) electrons. The first-order chi connectivity index (χ1) is 25.3. The maximum absolute atomic E-state index is 7.37. The van der Waals surface area contributed by atoms with E-state index in [1.807, 2.05) is 0 Å². The molecule has 6 aliphatic rings. The molecule has 0 saturated carbocycles. The Morgan fingerprint density at radius 2 is 0.784 bits per heavy atom. The zero-order valence-electron chi connectivity index (χ0n) is 29.4. The molecule has 6 aromatic rings. The van der Waals surface area contributed by atoms with Crippen LogP contribution in [-0.2, 0) is 0 Å². The summed E-state index contributed by atoms with van der Waals surface area (Å²) in [5, 5.41) is 0. The number of unbranched alkanes of at least 4 members (excludes halogenated alkanes) is 5. The van der Waals surface area contributed by atoms with Crippen molar-refractivity contribution in [2.75, 3.05) is 6.61 Å².